The number of anilines is 1. The van der Waals surface area contributed by atoms with Gasteiger partial charge in [0.2, 0.25) is 11.8 Å². The summed E-state index contributed by atoms with van der Waals surface area (Å²) in [5.41, 5.74) is 0. The normalized spacial score (nSPS) is 10.4. The first-order chi connectivity index (χ1) is 11.4. The summed E-state index contributed by atoms with van der Waals surface area (Å²) in [5.74, 6) is 1.42. The molecular weight excluding hydrogens is 351 g/mol. The molecule has 0 spiro atoms. The average molecular weight is 369 g/mol. The Hall–Kier alpha value is -2.05. The van der Waals surface area contributed by atoms with E-state index in [2.05, 4.69) is 9.97 Å². The van der Waals surface area contributed by atoms with Crippen LogP contribution >= 0.6 is 23.2 Å². The molecule has 2 rings (SSSR count). The molecule has 1 heterocycles. The molecule has 0 aliphatic heterocycles. The van der Waals surface area contributed by atoms with E-state index in [0.717, 1.165) is 0 Å². The van der Waals surface area contributed by atoms with Crippen LogP contribution in [0.15, 0.2) is 30.6 Å². The van der Waals surface area contributed by atoms with E-state index in [1.165, 1.54) is 13.1 Å². The molecule has 24 heavy (non-hydrogen) atoms. The van der Waals surface area contributed by atoms with E-state index >= 15 is 0 Å². The lowest BCUT2D eigenvalue weighted by molar-refractivity contribution is -0.127. The van der Waals surface area contributed by atoms with Gasteiger partial charge in [0, 0.05) is 39.1 Å². The molecule has 0 aliphatic rings. The number of benzene rings is 1. The highest BCUT2D eigenvalue weighted by Crippen LogP contribution is 2.31. The van der Waals surface area contributed by atoms with Gasteiger partial charge in [-0.1, -0.05) is 23.2 Å². The lowest BCUT2D eigenvalue weighted by atomic mass is 10.3. The van der Waals surface area contributed by atoms with Crippen molar-refractivity contribution >= 4 is 34.9 Å². The molecule has 1 aromatic heterocycles. The van der Waals surface area contributed by atoms with Crippen LogP contribution in [0.25, 0.3) is 0 Å². The lowest BCUT2D eigenvalue weighted by Crippen LogP contribution is -2.33. The molecule has 0 aliphatic carbocycles. The van der Waals surface area contributed by atoms with Gasteiger partial charge in [0.1, 0.15) is 5.75 Å². The Morgan fingerprint density at radius 2 is 1.96 bits per heavy atom. The number of rotatable bonds is 6. The number of ether oxygens (including phenoxy) is 1. The summed E-state index contributed by atoms with van der Waals surface area (Å²) >= 11 is 12.0. The van der Waals surface area contributed by atoms with E-state index in [-0.39, 0.29) is 5.91 Å². The van der Waals surface area contributed by atoms with Crippen molar-refractivity contribution in [2.45, 2.75) is 6.92 Å². The largest absolute Gasteiger partial charge is 0.436 e. The number of carbonyl (C=O) groups excluding carboxylic acids is 1. The summed E-state index contributed by atoms with van der Waals surface area (Å²) < 4.78 is 5.66. The SMILES string of the molecule is CC(=O)N(C)CCN(C)c1cncc(Oc2ccc(Cl)cc2Cl)n1. The van der Waals surface area contributed by atoms with Gasteiger partial charge in [-0.3, -0.25) is 9.78 Å². The van der Waals surface area contributed by atoms with Crippen molar-refractivity contribution in [1.29, 1.82) is 0 Å². The number of hydrogen-bond acceptors (Lipinski definition) is 5. The Morgan fingerprint density at radius 1 is 1.21 bits per heavy atom. The van der Waals surface area contributed by atoms with Crippen LogP contribution in [0.2, 0.25) is 10.0 Å². The van der Waals surface area contributed by atoms with Crippen LogP contribution in [0, 0.1) is 0 Å². The van der Waals surface area contributed by atoms with E-state index in [1.54, 1.807) is 36.3 Å². The van der Waals surface area contributed by atoms with Gasteiger partial charge in [0.05, 0.1) is 17.4 Å². The quantitative estimate of drug-likeness (QED) is 0.780. The summed E-state index contributed by atoms with van der Waals surface area (Å²) in [6.07, 6.45) is 3.13. The minimum atomic E-state index is 0.0175. The van der Waals surface area contributed by atoms with Crippen molar-refractivity contribution in [3.05, 3.63) is 40.6 Å². The molecule has 6 nitrogen and oxygen atoms in total. The van der Waals surface area contributed by atoms with Crippen LogP contribution in [0.1, 0.15) is 6.92 Å². The number of carbonyl (C=O) groups is 1. The Bertz CT molecular complexity index is 727. The fraction of sp³-hybridized carbons (Fsp3) is 0.312. The predicted octanol–water partition coefficient (Wildman–Crippen LogP) is 3.49. The summed E-state index contributed by atoms with van der Waals surface area (Å²) in [4.78, 5) is 23.3. The highest BCUT2D eigenvalue weighted by molar-refractivity contribution is 6.35. The standard InChI is InChI=1S/C16H18Cl2N4O2/c1-11(23)21(2)6-7-22(3)15-9-19-10-16(20-15)24-14-5-4-12(17)8-13(14)18/h4-5,8-10H,6-7H2,1-3H3. The number of nitrogens with zero attached hydrogens (tertiary/aromatic N) is 4. The van der Waals surface area contributed by atoms with Gasteiger partial charge >= 0.3 is 0 Å². The molecule has 1 amide bonds. The van der Waals surface area contributed by atoms with Gasteiger partial charge < -0.3 is 14.5 Å². The van der Waals surface area contributed by atoms with Crippen LogP contribution in [-0.4, -0.2) is 48.0 Å². The van der Waals surface area contributed by atoms with Crippen molar-refractivity contribution in [3.63, 3.8) is 0 Å². The van der Waals surface area contributed by atoms with Crippen LogP contribution in [-0.2, 0) is 4.79 Å². The van der Waals surface area contributed by atoms with Crippen molar-refractivity contribution in [2.24, 2.45) is 0 Å². The van der Waals surface area contributed by atoms with Crippen molar-refractivity contribution < 1.29 is 9.53 Å². The molecule has 8 heteroatoms. The van der Waals surface area contributed by atoms with Gasteiger partial charge in [0.25, 0.3) is 0 Å². The van der Waals surface area contributed by atoms with Crippen molar-refractivity contribution in [3.8, 4) is 11.6 Å². The van der Waals surface area contributed by atoms with Crippen LogP contribution in [0.3, 0.4) is 0 Å². The van der Waals surface area contributed by atoms with Crippen LogP contribution in [0.4, 0.5) is 5.82 Å². The highest BCUT2D eigenvalue weighted by atomic mass is 35.5. The summed E-state index contributed by atoms with van der Waals surface area (Å²) in [7, 11) is 3.63. The maximum absolute atomic E-state index is 11.2. The number of aromatic nitrogens is 2. The van der Waals surface area contributed by atoms with Crippen molar-refractivity contribution in [1.82, 2.24) is 14.9 Å². The predicted molar refractivity (Wildman–Crippen MR) is 95.1 cm³/mol. The van der Waals surface area contributed by atoms with E-state index in [0.29, 0.717) is 40.6 Å². The molecule has 0 bridgehead atoms. The smallest absolute Gasteiger partial charge is 0.239 e. The summed E-state index contributed by atoms with van der Waals surface area (Å²) in [5, 5.41) is 0.924. The van der Waals surface area contributed by atoms with Crippen molar-refractivity contribution in [2.75, 3.05) is 32.1 Å². The Kier molecular flexibility index (Phi) is 6.23. The number of amides is 1. The molecule has 0 radical (unpaired) electrons. The maximum atomic E-state index is 11.2. The number of likely N-dealkylation sites (N-methyl/N-ethyl adjacent to an activating group) is 2. The second kappa shape index (κ2) is 8.17. The summed E-state index contributed by atoms with van der Waals surface area (Å²) in [6, 6.07) is 4.95. The van der Waals surface area contributed by atoms with Gasteiger partial charge in [-0.05, 0) is 18.2 Å². The second-order valence-corrected chi connectivity index (χ2v) is 6.10. The first kappa shape index (κ1) is 18.3. The average Bonchev–Trinajstić information content (AvgIpc) is 2.55. The van der Waals surface area contributed by atoms with Gasteiger partial charge in [-0.15, -0.1) is 0 Å². The minimum absolute atomic E-state index is 0.0175. The third-order valence-corrected chi connectivity index (χ3v) is 3.94. The van der Waals surface area contributed by atoms with E-state index < -0.39 is 0 Å². The second-order valence-electron chi connectivity index (χ2n) is 5.25. The topological polar surface area (TPSA) is 58.6 Å². The third kappa shape index (κ3) is 4.97. The number of hydrogen-bond donors (Lipinski definition) is 0. The Labute approximate surface area is 151 Å². The first-order valence-corrected chi connectivity index (χ1v) is 8.00. The molecule has 0 saturated carbocycles. The van der Waals surface area contributed by atoms with Crippen LogP contribution in [0.5, 0.6) is 11.6 Å². The van der Waals surface area contributed by atoms with Gasteiger partial charge in [0.15, 0.2) is 5.82 Å². The van der Waals surface area contributed by atoms with E-state index in [4.69, 9.17) is 27.9 Å². The molecule has 0 N–H and O–H groups in total. The molecule has 0 saturated heterocycles. The van der Waals surface area contributed by atoms with E-state index in [1.807, 2.05) is 11.9 Å². The molecule has 0 unspecified atom stereocenters. The zero-order valence-electron chi connectivity index (χ0n) is 13.7. The molecular formula is C16H18Cl2N4O2. The molecule has 0 fully saturated rings. The van der Waals surface area contributed by atoms with E-state index in [9.17, 15) is 4.79 Å². The lowest BCUT2D eigenvalue weighted by Gasteiger charge is -2.22. The minimum Gasteiger partial charge on any atom is -0.436 e. The molecule has 1 aromatic carbocycles. The number of halogens is 2. The zero-order valence-corrected chi connectivity index (χ0v) is 15.2. The zero-order chi connectivity index (χ0) is 17.7. The monoisotopic (exact) mass is 368 g/mol. The maximum Gasteiger partial charge on any atom is 0.239 e. The first-order valence-electron chi connectivity index (χ1n) is 7.24. The Morgan fingerprint density at radius 3 is 2.62 bits per heavy atom. The third-order valence-electron chi connectivity index (χ3n) is 3.41. The highest BCUT2D eigenvalue weighted by Gasteiger charge is 2.10. The summed E-state index contributed by atoms with van der Waals surface area (Å²) in [6.45, 7) is 2.74. The van der Waals surface area contributed by atoms with Gasteiger partial charge in [-0.2, -0.15) is 4.98 Å². The fourth-order valence-corrected chi connectivity index (χ4v) is 2.26. The Balaban J connectivity index is 2.06. The van der Waals surface area contributed by atoms with Gasteiger partial charge in [-0.25, -0.2) is 0 Å². The molecule has 2 aromatic rings. The van der Waals surface area contributed by atoms with Crippen LogP contribution < -0.4 is 9.64 Å². The molecule has 0 atom stereocenters. The fourth-order valence-electron chi connectivity index (χ4n) is 1.81. The molecule has 128 valence electrons.